The maximum absolute atomic E-state index is 5.44. The van der Waals surface area contributed by atoms with Crippen molar-refractivity contribution in [2.75, 3.05) is 14.2 Å². The molecular weight excluding hydrogens is 378 g/mol. The number of hydrogen-bond donors (Lipinski definition) is 1. The van der Waals surface area contributed by atoms with Gasteiger partial charge in [-0.3, -0.25) is 0 Å². The molecule has 0 aliphatic heterocycles. The minimum Gasteiger partial charge on any atom is -0.496 e. The summed E-state index contributed by atoms with van der Waals surface area (Å²) >= 11 is 8.70. The molecule has 18 heavy (non-hydrogen) atoms. The molecule has 0 amide bonds. The van der Waals surface area contributed by atoms with Gasteiger partial charge in [-0.05, 0) is 58.2 Å². The third-order valence-corrected chi connectivity index (χ3v) is 4.73. The Labute approximate surface area is 128 Å². The molecule has 1 unspecified atom stereocenters. The molecule has 0 aliphatic rings. The van der Waals surface area contributed by atoms with Gasteiger partial charge in [-0.15, -0.1) is 11.3 Å². The third-order valence-electron chi connectivity index (χ3n) is 2.71. The van der Waals surface area contributed by atoms with Crippen molar-refractivity contribution in [1.82, 2.24) is 5.32 Å². The molecular formula is C13H13Br2NOS. The Morgan fingerprint density at radius 2 is 2.06 bits per heavy atom. The van der Waals surface area contributed by atoms with E-state index in [0.717, 1.165) is 19.6 Å². The Kier molecular flexibility index (Phi) is 4.84. The van der Waals surface area contributed by atoms with E-state index in [1.54, 1.807) is 18.4 Å². The second kappa shape index (κ2) is 6.19. The molecule has 0 saturated heterocycles. The molecule has 2 aromatic rings. The number of halogens is 2. The van der Waals surface area contributed by atoms with E-state index in [1.807, 2.05) is 19.2 Å². The number of rotatable bonds is 4. The van der Waals surface area contributed by atoms with Crippen molar-refractivity contribution < 1.29 is 4.74 Å². The summed E-state index contributed by atoms with van der Waals surface area (Å²) < 4.78 is 7.62. The molecule has 1 aromatic heterocycles. The van der Waals surface area contributed by atoms with E-state index in [-0.39, 0.29) is 6.04 Å². The van der Waals surface area contributed by atoms with Crippen molar-refractivity contribution in [2.45, 2.75) is 6.04 Å². The predicted molar refractivity (Wildman–Crippen MR) is 83.6 cm³/mol. The van der Waals surface area contributed by atoms with Gasteiger partial charge >= 0.3 is 0 Å². The first kappa shape index (κ1) is 14.1. The first-order valence-corrected chi connectivity index (χ1v) is 7.87. The number of thiophene rings is 1. The Bertz CT molecular complexity index is 542. The highest BCUT2D eigenvalue weighted by atomic mass is 79.9. The van der Waals surface area contributed by atoms with Gasteiger partial charge in [0.05, 0.1) is 16.9 Å². The van der Waals surface area contributed by atoms with Crippen LogP contribution in [-0.2, 0) is 0 Å². The minimum absolute atomic E-state index is 0.125. The van der Waals surface area contributed by atoms with Gasteiger partial charge in [0.2, 0.25) is 0 Å². The lowest BCUT2D eigenvalue weighted by molar-refractivity contribution is 0.405. The van der Waals surface area contributed by atoms with E-state index in [9.17, 15) is 0 Å². The molecule has 5 heteroatoms. The quantitative estimate of drug-likeness (QED) is 0.824. The first-order chi connectivity index (χ1) is 8.65. The maximum atomic E-state index is 5.44. The number of benzene rings is 1. The van der Waals surface area contributed by atoms with Gasteiger partial charge in [-0.2, -0.15) is 0 Å². The van der Waals surface area contributed by atoms with E-state index in [4.69, 9.17) is 4.74 Å². The van der Waals surface area contributed by atoms with E-state index >= 15 is 0 Å². The van der Waals surface area contributed by atoms with Gasteiger partial charge in [0.15, 0.2) is 0 Å². The maximum Gasteiger partial charge on any atom is 0.124 e. The highest BCUT2D eigenvalue weighted by Gasteiger charge is 2.18. The van der Waals surface area contributed by atoms with Crippen molar-refractivity contribution in [3.63, 3.8) is 0 Å². The van der Waals surface area contributed by atoms with Gasteiger partial charge in [0, 0.05) is 10.0 Å². The van der Waals surface area contributed by atoms with Crippen molar-refractivity contribution in [3.05, 3.63) is 49.0 Å². The van der Waals surface area contributed by atoms with Gasteiger partial charge in [-0.1, -0.05) is 15.9 Å². The fourth-order valence-electron chi connectivity index (χ4n) is 1.91. The molecule has 0 aliphatic carbocycles. The van der Waals surface area contributed by atoms with Gasteiger partial charge in [-0.25, -0.2) is 0 Å². The average Bonchev–Trinajstić information content (AvgIpc) is 2.77. The summed E-state index contributed by atoms with van der Waals surface area (Å²) in [6.07, 6.45) is 0. The van der Waals surface area contributed by atoms with Crippen LogP contribution in [0, 0.1) is 0 Å². The van der Waals surface area contributed by atoms with Crippen LogP contribution in [0.25, 0.3) is 0 Å². The largest absolute Gasteiger partial charge is 0.496 e. The van der Waals surface area contributed by atoms with Crippen LogP contribution in [0.2, 0.25) is 0 Å². The molecule has 0 bridgehead atoms. The molecule has 0 spiro atoms. The van der Waals surface area contributed by atoms with Crippen molar-refractivity contribution in [3.8, 4) is 5.75 Å². The van der Waals surface area contributed by atoms with E-state index in [1.165, 1.54) is 5.56 Å². The molecule has 1 heterocycles. The fraction of sp³-hybridized carbons (Fsp3) is 0.231. The van der Waals surface area contributed by atoms with Crippen LogP contribution >= 0.6 is 43.2 Å². The fourth-order valence-corrected chi connectivity index (χ4v) is 3.49. The first-order valence-electron chi connectivity index (χ1n) is 5.40. The zero-order chi connectivity index (χ0) is 13.1. The smallest absolute Gasteiger partial charge is 0.124 e. The second-order valence-electron chi connectivity index (χ2n) is 3.79. The zero-order valence-corrected chi connectivity index (χ0v) is 14.0. The Morgan fingerprint density at radius 3 is 2.61 bits per heavy atom. The summed E-state index contributed by atoms with van der Waals surface area (Å²) in [5.41, 5.74) is 2.35. The van der Waals surface area contributed by atoms with Gasteiger partial charge in [0.25, 0.3) is 0 Å². The van der Waals surface area contributed by atoms with Crippen LogP contribution in [0.3, 0.4) is 0 Å². The molecule has 1 atom stereocenters. The van der Waals surface area contributed by atoms with Crippen LogP contribution in [0.4, 0.5) is 0 Å². The minimum atomic E-state index is 0.125. The number of nitrogens with one attached hydrogen (secondary N) is 1. The average molecular weight is 391 g/mol. The lowest BCUT2D eigenvalue weighted by Gasteiger charge is -2.19. The van der Waals surface area contributed by atoms with E-state index in [2.05, 4.69) is 54.7 Å². The normalized spacial score (nSPS) is 12.4. The molecule has 0 radical (unpaired) electrons. The lowest BCUT2D eigenvalue weighted by Crippen LogP contribution is -2.17. The van der Waals surface area contributed by atoms with Crippen LogP contribution in [0.5, 0.6) is 5.75 Å². The Hall–Kier alpha value is -0.360. The third kappa shape index (κ3) is 2.96. The van der Waals surface area contributed by atoms with Crippen molar-refractivity contribution in [2.24, 2.45) is 0 Å². The predicted octanol–water partition coefficient (Wildman–Crippen LogP) is 4.59. The van der Waals surface area contributed by atoms with Crippen LogP contribution in [0.1, 0.15) is 17.2 Å². The lowest BCUT2D eigenvalue weighted by atomic mass is 10.0. The Balaban J connectivity index is 2.47. The van der Waals surface area contributed by atoms with Crippen LogP contribution < -0.4 is 10.1 Å². The molecule has 2 rings (SSSR count). The molecule has 96 valence electrons. The van der Waals surface area contributed by atoms with Crippen LogP contribution in [-0.4, -0.2) is 14.2 Å². The molecule has 0 saturated carbocycles. The molecule has 1 aromatic carbocycles. The second-order valence-corrected chi connectivity index (χ2v) is 7.00. The summed E-state index contributed by atoms with van der Waals surface area (Å²) in [5.74, 6) is 0.889. The summed E-state index contributed by atoms with van der Waals surface area (Å²) in [5, 5.41) is 5.48. The summed E-state index contributed by atoms with van der Waals surface area (Å²) in [4.78, 5) is 0. The topological polar surface area (TPSA) is 21.3 Å². The zero-order valence-electron chi connectivity index (χ0n) is 10.0. The number of ether oxygens (including phenoxy) is 1. The van der Waals surface area contributed by atoms with E-state index < -0.39 is 0 Å². The molecule has 2 nitrogen and oxygen atoms in total. The summed E-state index contributed by atoms with van der Waals surface area (Å²) in [7, 11) is 3.65. The van der Waals surface area contributed by atoms with Crippen molar-refractivity contribution in [1.29, 1.82) is 0 Å². The molecule has 0 fully saturated rings. The van der Waals surface area contributed by atoms with Gasteiger partial charge < -0.3 is 10.1 Å². The molecule has 1 N–H and O–H groups in total. The van der Waals surface area contributed by atoms with Crippen molar-refractivity contribution >= 4 is 43.2 Å². The number of methoxy groups -OCH3 is 1. The highest BCUT2D eigenvalue weighted by Crippen LogP contribution is 2.35. The SMILES string of the molecule is CNC(c1csc(Br)c1)c1cc(Br)ccc1OC. The monoisotopic (exact) mass is 389 g/mol. The Morgan fingerprint density at radius 1 is 1.28 bits per heavy atom. The van der Waals surface area contributed by atoms with E-state index in [0.29, 0.717) is 0 Å². The highest BCUT2D eigenvalue weighted by molar-refractivity contribution is 9.11. The standard InChI is InChI=1S/C13H13Br2NOS/c1-16-13(8-5-12(15)18-7-8)10-6-9(14)3-4-11(10)17-2/h3-7,13,16H,1-2H3. The number of hydrogen-bond acceptors (Lipinski definition) is 3. The summed E-state index contributed by atoms with van der Waals surface area (Å²) in [6.45, 7) is 0. The van der Waals surface area contributed by atoms with Crippen LogP contribution in [0.15, 0.2) is 37.9 Å². The summed E-state index contributed by atoms with van der Waals surface area (Å²) in [6, 6.07) is 8.31. The van der Waals surface area contributed by atoms with Gasteiger partial charge in [0.1, 0.15) is 5.75 Å².